The minimum Gasteiger partial charge on any atom is -0.354 e. The summed E-state index contributed by atoms with van der Waals surface area (Å²) in [5.74, 6) is 0.514. The SMILES string of the molecule is CCC(C)(C#N)C(=O)NCC1CCCCC1. The Kier molecular flexibility index (Phi) is 4.79. The summed E-state index contributed by atoms with van der Waals surface area (Å²) in [7, 11) is 0. The fraction of sp³-hybridized carbons (Fsp3) is 0.846. The Morgan fingerprint density at radius 2 is 2.06 bits per heavy atom. The van der Waals surface area contributed by atoms with E-state index in [0.717, 1.165) is 6.54 Å². The number of nitriles is 1. The Hall–Kier alpha value is -1.04. The summed E-state index contributed by atoms with van der Waals surface area (Å²) in [4.78, 5) is 11.8. The largest absolute Gasteiger partial charge is 0.354 e. The molecule has 1 fully saturated rings. The molecular weight excluding hydrogens is 200 g/mol. The minimum atomic E-state index is -0.853. The lowest BCUT2D eigenvalue weighted by atomic mass is 9.86. The number of rotatable bonds is 4. The lowest BCUT2D eigenvalue weighted by Gasteiger charge is -2.24. The third kappa shape index (κ3) is 3.23. The third-order valence-electron chi connectivity index (χ3n) is 3.73. The van der Waals surface area contributed by atoms with Crippen molar-refractivity contribution in [2.24, 2.45) is 11.3 Å². The zero-order valence-corrected chi connectivity index (χ0v) is 10.4. The monoisotopic (exact) mass is 222 g/mol. The number of hydrogen-bond acceptors (Lipinski definition) is 2. The smallest absolute Gasteiger partial charge is 0.240 e. The summed E-state index contributed by atoms with van der Waals surface area (Å²) in [5, 5.41) is 11.9. The summed E-state index contributed by atoms with van der Waals surface area (Å²) in [6.07, 6.45) is 6.90. The Balaban J connectivity index is 2.37. The van der Waals surface area contributed by atoms with Crippen LogP contribution in [-0.2, 0) is 4.79 Å². The van der Waals surface area contributed by atoms with Gasteiger partial charge in [0.1, 0.15) is 5.41 Å². The highest BCUT2D eigenvalue weighted by molar-refractivity contribution is 5.84. The zero-order valence-electron chi connectivity index (χ0n) is 10.4. The number of amides is 1. The normalized spacial score (nSPS) is 20.8. The van der Waals surface area contributed by atoms with Gasteiger partial charge in [0, 0.05) is 6.54 Å². The van der Waals surface area contributed by atoms with Crippen molar-refractivity contribution in [3.63, 3.8) is 0 Å². The van der Waals surface area contributed by atoms with Crippen LogP contribution in [0.4, 0.5) is 0 Å². The first-order valence-electron chi connectivity index (χ1n) is 6.32. The van der Waals surface area contributed by atoms with Crippen LogP contribution in [0.1, 0.15) is 52.4 Å². The molecular formula is C13H22N2O. The Morgan fingerprint density at radius 1 is 1.44 bits per heavy atom. The first kappa shape index (κ1) is 13.0. The Morgan fingerprint density at radius 3 is 2.56 bits per heavy atom. The van der Waals surface area contributed by atoms with Crippen LogP contribution in [-0.4, -0.2) is 12.5 Å². The van der Waals surface area contributed by atoms with Gasteiger partial charge in [0.05, 0.1) is 6.07 Å². The van der Waals surface area contributed by atoms with E-state index in [1.807, 2.05) is 6.92 Å². The van der Waals surface area contributed by atoms with E-state index in [2.05, 4.69) is 11.4 Å². The van der Waals surface area contributed by atoms with Gasteiger partial charge in [-0.15, -0.1) is 0 Å². The highest BCUT2D eigenvalue weighted by Crippen LogP contribution is 2.24. The molecule has 1 atom stereocenters. The maximum atomic E-state index is 11.8. The number of hydrogen-bond donors (Lipinski definition) is 1. The van der Waals surface area contributed by atoms with E-state index in [1.54, 1.807) is 6.92 Å². The van der Waals surface area contributed by atoms with Crippen molar-refractivity contribution < 1.29 is 4.79 Å². The van der Waals surface area contributed by atoms with Crippen molar-refractivity contribution in [3.05, 3.63) is 0 Å². The summed E-state index contributed by atoms with van der Waals surface area (Å²) in [5.41, 5.74) is -0.853. The molecule has 0 aromatic heterocycles. The average Bonchev–Trinajstić information content (AvgIpc) is 2.36. The van der Waals surface area contributed by atoms with E-state index in [4.69, 9.17) is 5.26 Å². The van der Waals surface area contributed by atoms with Gasteiger partial charge >= 0.3 is 0 Å². The van der Waals surface area contributed by atoms with Crippen molar-refractivity contribution >= 4 is 5.91 Å². The topological polar surface area (TPSA) is 52.9 Å². The second kappa shape index (κ2) is 5.89. The van der Waals surface area contributed by atoms with Crippen LogP contribution < -0.4 is 5.32 Å². The number of nitrogens with one attached hydrogen (secondary N) is 1. The molecule has 3 nitrogen and oxygen atoms in total. The molecule has 90 valence electrons. The molecule has 0 saturated heterocycles. The molecule has 3 heteroatoms. The van der Waals surface area contributed by atoms with Crippen molar-refractivity contribution in [2.75, 3.05) is 6.54 Å². The maximum Gasteiger partial charge on any atom is 0.240 e. The third-order valence-corrected chi connectivity index (χ3v) is 3.73. The predicted molar refractivity (Wildman–Crippen MR) is 63.6 cm³/mol. The van der Waals surface area contributed by atoms with E-state index in [1.165, 1.54) is 32.1 Å². The van der Waals surface area contributed by atoms with Crippen LogP contribution in [0.3, 0.4) is 0 Å². The molecule has 0 spiro atoms. The zero-order chi connectivity index (χ0) is 12.0. The molecule has 0 aliphatic heterocycles. The van der Waals surface area contributed by atoms with Crippen LogP contribution >= 0.6 is 0 Å². The van der Waals surface area contributed by atoms with Gasteiger partial charge in [-0.05, 0) is 32.1 Å². The van der Waals surface area contributed by atoms with E-state index < -0.39 is 5.41 Å². The molecule has 1 saturated carbocycles. The predicted octanol–water partition coefficient (Wildman–Crippen LogP) is 2.62. The molecule has 1 N–H and O–H groups in total. The fourth-order valence-electron chi connectivity index (χ4n) is 2.11. The van der Waals surface area contributed by atoms with Gasteiger partial charge in [0.2, 0.25) is 5.91 Å². The second-order valence-electron chi connectivity index (χ2n) is 5.01. The quantitative estimate of drug-likeness (QED) is 0.795. The first-order chi connectivity index (χ1) is 7.62. The average molecular weight is 222 g/mol. The molecule has 1 aliphatic rings. The van der Waals surface area contributed by atoms with Crippen molar-refractivity contribution in [2.45, 2.75) is 52.4 Å². The van der Waals surface area contributed by atoms with Gasteiger partial charge in [0.15, 0.2) is 0 Å². The van der Waals surface area contributed by atoms with E-state index in [-0.39, 0.29) is 5.91 Å². The van der Waals surface area contributed by atoms with Gasteiger partial charge in [-0.2, -0.15) is 5.26 Å². The highest BCUT2D eigenvalue weighted by Gasteiger charge is 2.31. The second-order valence-corrected chi connectivity index (χ2v) is 5.01. The molecule has 0 aromatic carbocycles. The van der Waals surface area contributed by atoms with E-state index >= 15 is 0 Å². The van der Waals surface area contributed by atoms with Crippen LogP contribution in [0.25, 0.3) is 0 Å². The van der Waals surface area contributed by atoms with Crippen LogP contribution in [0.5, 0.6) is 0 Å². The summed E-state index contributed by atoms with van der Waals surface area (Å²) in [6.45, 7) is 4.34. The van der Waals surface area contributed by atoms with Gasteiger partial charge in [0.25, 0.3) is 0 Å². The molecule has 16 heavy (non-hydrogen) atoms. The minimum absolute atomic E-state index is 0.108. The van der Waals surface area contributed by atoms with Crippen LogP contribution in [0, 0.1) is 22.7 Å². The molecule has 0 aromatic rings. The Bertz CT molecular complexity index is 276. The van der Waals surface area contributed by atoms with Crippen LogP contribution in [0.2, 0.25) is 0 Å². The lowest BCUT2D eigenvalue weighted by molar-refractivity contribution is -0.127. The summed E-state index contributed by atoms with van der Waals surface area (Å²) >= 11 is 0. The standard InChI is InChI=1S/C13H22N2O/c1-3-13(2,10-14)12(16)15-9-11-7-5-4-6-8-11/h11H,3-9H2,1-2H3,(H,15,16). The molecule has 0 radical (unpaired) electrons. The summed E-state index contributed by atoms with van der Waals surface area (Å²) in [6, 6.07) is 2.10. The van der Waals surface area contributed by atoms with Gasteiger partial charge in [-0.25, -0.2) is 0 Å². The van der Waals surface area contributed by atoms with E-state index in [9.17, 15) is 4.79 Å². The molecule has 1 aliphatic carbocycles. The summed E-state index contributed by atoms with van der Waals surface area (Å²) < 4.78 is 0. The molecule has 1 rings (SSSR count). The number of nitrogens with zero attached hydrogens (tertiary/aromatic N) is 1. The fourth-order valence-corrected chi connectivity index (χ4v) is 2.11. The van der Waals surface area contributed by atoms with E-state index in [0.29, 0.717) is 12.3 Å². The maximum absolute atomic E-state index is 11.8. The number of carbonyl (C=O) groups is 1. The van der Waals surface area contributed by atoms with Gasteiger partial charge in [-0.1, -0.05) is 26.2 Å². The molecule has 1 unspecified atom stereocenters. The highest BCUT2D eigenvalue weighted by atomic mass is 16.2. The van der Waals surface area contributed by atoms with Gasteiger partial charge in [-0.3, -0.25) is 4.79 Å². The van der Waals surface area contributed by atoms with Gasteiger partial charge < -0.3 is 5.32 Å². The molecule has 0 heterocycles. The molecule has 0 bridgehead atoms. The molecule has 1 amide bonds. The van der Waals surface area contributed by atoms with Crippen molar-refractivity contribution in [1.82, 2.24) is 5.32 Å². The lowest BCUT2D eigenvalue weighted by Crippen LogP contribution is -2.40. The first-order valence-corrected chi connectivity index (χ1v) is 6.32. The van der Waals surface area contributed by atoms with Crippen LogP contribution in [0.15, 0.2) is 0 Å². The van der Waals surface area contributed by atoms with Crippen molar-refractivity contribution in [3.8, 4) is 6.07 Å². The Labute approximate surface area is 98.2 Å². The number of carbonyl (C=O) groups excluding carboxylic acids is 1. The van der Waals surface area contributed by atoms with Crippen molar-refractivity contribution in [1.29, 1.82) is 5.26 Å².